The SMILES string of the molecule is COc1nc(-c2cn(CCOCOCNc3cccc4c3C(=O)N(C3CCC(=O)NC3=O)C4=O)nn2)cnc1NS(=O)(=O)c1ccc(NC(=O)/C(C#N)=C/c2ccc([N+](=O)[O-])s2)cc1. The molecule has 1 saturated heterocycles. The molecule has 1 unspecified atom stereocenters. The van der Waals surface area contributed by atoms with Crippen LogP contribution in [-0.2, 0) is 40.4 Å². The highest BCUT2D eigenvalue weighted by Gasteiger charge is 2.45. The number of imide groups is 2. The fraction of sp³-hybridized carbons (Fsp3) is 0.211. The van der Waals surface area contributed by atoms with Crippen LogP contribution in [0, 0.1) is 21.4 Å². The van der Waals surface area contributed by atoms with Crippen LogP contribution >= 0.6 is 11.3 Å². The first-order valence-electron chi connectivity index (χ1n) is 18.6. The summed E-state index contributed by atoms with van der Waals surface area (Å²) in [6, 6.07) is 13.0. The number of anilines is 3. The van der Waals surface area contributed by atoms with E-state index in [1.807, 2.05) is 0 Å². The van der Waals surface area contributed by atoms with Gasteiger partial charge in [-0.25, -0.2) is 23.1 Å². The molecule has 2 aromatic carbocycles. The third kappa shape index (κ3) is 9.71. The van der Waals surface area contributed by atoms with E-state index >= 15 is 0 Å². The number of hydrogen-bond acceptors (Lipinski definition) is 19. The Hall–Kier alpha value is -7.99. The minimum absolute atomic E-state index is 0.00632. The van der Waals surface area contributed by atoms with Crippen molar-refractivity contribution in [2.24, 2.45) is 0 Å². The summed E-state index contributed by atoms with van der Waals surface area (Å²) in [5.41, 5.74) is 0.857. The topological polar surface area (TPSA) is 322 Å². The van der Waals surface area contributed by atoms with Crippen molar-refractivity contribution in [2.75, 3.05) is 42.6 Å². The van der Waals surface area contributed by atoms with Crippen molar-refractivity contribution in [3.05, 3.63) is 98.7 Å². The number of carbonyl (C=O) groups excluding carboxylic acids is 5. The van der Waals surface area contributed by atoms with Gasteiger partial charge >= 0.3 is 5.00 Å². The van der Waals surface area contributed by atoms with Crippen LogP contribution in [0.5, 0.6) is 5.88 Å². The number of rotatable bonds is 18. The molecule has 4 N–H and O–H groups in total. The number of nitrogens with one attached hydrogen (secondary N) is 4. The van der Waals surface area contributed by atoms with Crippen molar-refractivity contribution in [1.82, 2.24) is 35.2 Å². The number of aromatic nitrogens is 5. The Morgan fingerprint density at radius 3 is 2.61 bits per heavy atom. The molecule has 24 nitrogen and oxygen atoms in total. The molecule has 0 bridgehead atoms. The lowest BCUT2D eigenvalue weighted by molar-refractivity contribution is -0.380. The van der Waals surface area contributed by atoms with Gasteiger partial charge in [-0.2, -0.15) is 5.26 Å². The average molecular weight is 913 g/mol. The second-order valence-electron chi connectivity index (χ2n) is 13.4. The predicted molar refractivity (Wildman–Crippen MR) is 222 cm³/mol. The first-order valence-corrected chi connectivity index (χ1v) is 20.9. The molecule has 0 radical (unpaired) electrons. The molecule has 0 saturated carbocycles. The van der Waals surface area contributed by atoms with Crippen LogP contribution in [0.3, 0.4) is 0 Å². The highest BCUT2D eigenvalue weighted by Crippen LogP contribution is 2.33. The van der Waals surface area contributed by atoms with Crippen LogP contribution < -0.4 is 25.4 Å². The minimum Gasteiger partial charge on any atom is -0.478 e. The van der Waals surface area contributed by atoms with E-state index in [0.717, 1.165) is 16.2 Å². The molecular formula is C38H32N12O12S2. The summed E-state index contributed by atoms with van der Waals surface area (Å²) < 4.78 is 46.6. The Morgan fingerprint density at radius 2 is 1.89 bits per heavy atom. The molecule has 0 aliphatic carbocycles. The van der Waals surface area contributed by atoms with Crippen molar-refractivity contribution >= 4 is 79.2 Å². The number of sulfonamides is 1. The molecular weight excluding hydrogens is 881 g/mol. The van der Waals surface area contributed by atoms with Crippen molar-refractivity contribution in [2.45, 2.75) is 30.3 Å². The van der Waals surface area contributed by atoms with Gasteiger partial charge in [-0.3, -0.25) is 49.0 Å². The quantitative estimate of drug-likeness (QED) is 0.0187. The lowest BCUT2D eigenvalue weighted by Crippen LogP contribution is -2.54. The molecule has 5 heterocycles. The summed E-state index contributed by atoms with van der Waals surface area (Å²) in [7, 11) is -2.98. The van der Waals surface area contributed by atoms with Gasteiger partial charge in [0.15, 0.2) is 0 Å². The molecule has 1 atom stereocenters. The number of benzene rings is 2. The van der Waals surface area contributed by atoms with Crippen molar-refractivity contribution in [3.63, 3.8) is 0 Å². The molecule has 5 amide bonds. The number of nitrogens with zero attached hydrogens (tertiary/aromatic N) is 8. The van der Waals surface area contributed by atoms with Gasteiger partial charge < -0.3 is 24.8 Å². The van der Waals surface area contributed by atoms with E-state index < -0.39 is 50.5 Å². The van der Waals surface area contributed by atoms with Crippen LogP contribution in [0.25, 0.3) is 17.5 Å². The standard InChI is InChI=1S/C38H32N12O12S2/c1-60-36-33(46-64(58,59)24-8-5-22(6-9-24)42-34(52)21(16-39)15-23-7-12-31(63-23)50(56)57)40-17-27(43-36)28-18-48(47-45-28)13-14-61-20-62-19-41-26-4-2-3-25-32(26)38(55)49(37(25)54)29-10-11-30(51)44-35(29)53/h2-9,12,15,17-18,29,41H,10-11,13-14,19-20H2,1H3,(H,40,46)(H,42,52)(H,44,51,53)/b21-15+. The number of nitro groups is 1. The number of nitriles is 1. The highest BCUT2D eigenvalue weighted by molar-refractivity contribution is 7.92. The lowest BCUT2D eigenvalue weighted by atomic mass is 10.0. The maximum absolute atomic E-state index is 13.3. The van der Waals surface area contributed by atoms with E-state index in [4.69, 9.17) is 14.2 Å². The van der Waals surface area contributed by atoms with Gasteiger partial charge in [0, 0.05) is 28.7 Å². The Kier molecular flexibility index (Phi) is 13.1. The van der Waals surface area contributed by atoms with E-state index in [1.165, 1.54) is 66.5 Å². The van der Waals surface area contributed by atoms with Gasteiger partial charge in [-0.15, -0.1) is 5.10 Å². The monoisotopic (exact) mass is 912 g/mol. The zero-order valence-corrected chi connectivity index (χ0v) is 34.7. The van der Waals surface area contributed by atoms with E-state index in [0.29, 0.717) is 10.6 Å². The molecule has 1 fully saturated rings. The van der Waals surface area contributed by atoms with Gasteiger partial charge in [0.05, 0.1) is 53.6 Å². The van der Waals surface area contributed by atoms with Gasteiger partial charge in [-0.05, 0) is 55.0 Å². The van der Waals surface area contributed by atoms with Crippen molar-refractivity contribution in [3.8, 4) is 23.3 Å². The van der Waals surface area contributed by atoms with Gasteiger partial charge in [0.25, 0.3) is 33.6 Å². The van der Waals surface area contributed by atoms with Gasteiger partial charge in [0.2, 0.25) is 17.6 Å². The van der Waals surface area contributed by atoms with E-state index in [-0.39, 0.29) is 94.9 Å². The molecule has 26 heteroatoms. The summed E-state index contributed by atoms with van der Waals surface area (Å²) in [4.78, 5) is 82.8. The van der Waals surface area contributed by atoms with Crippen LogP contribution in [0.15, 0.2) is 77.5 Å². The van der Waals surface area contributed by atoms with Crippen molar-refractivity contribution in [1.29, 1.82) is 5.26 Å². The minimum atomic E-state index is -4.25. The third-order valence-corrected chi connectivity index (χ3v) is 11.6. The second-order valence-corrected chi connectivity index (χ2v) is 16.2. The number of fused-ring (bicyclic) bond motifs is 1. The summed E-state index contributed by atoms with van der Waals surface area (Å²) >= 11 is 0.788. The fourth-order valence-corrected chi connectivity index (χ4v) is 8.02. The summed E-state index contributed by atoms with van der Waals surface area (Å²) in [5.74, 6) is -3.68. The third-order valence-electron chi connectivity index (χ3n) is 9.30. The molecule has 7 rings (SSSR count). The summed E-state index contributed by atoms with van der Waals surface area (Å²) in [6.45, 7) is 0.129. The van der Waals surface area contributed by atoms with Gasteiger partial charge in [0.1, 0.15) is 42.6 Å². The van der Waals surface area contributed by atoms with Crippen LogP contribution in [-0.4, -0.2) is 106 Å². The Balaban J connectivity index is 0.873. The molecule has 3 aromatic heterocycles. The second kappa shape index (κ2) is 19.0. The predicted octanol–water partition coefficient (Wildman–Crippen LogP) is 2.52. The summed E-state index contributed by atoms with van der Waals surface area (Å²) in [6.07, 6.45) is 4.06. The average Bonchev–Trinajstić information content (AvgIpc) is 4.02. The molecule has 0 spiro atoms. The maximum Gasteiger partial charge on any atom is 0.324 e. The van der Waals surface area contributed by atoms with E-state index in [9.17, 15) is 47.8 Å². The van der Waals surface area contributed by atoms with Crippen LogP contribution in [0.1, 0.15) is 38.4 Å². The van der Waals surface area contributed by atoms with E-state index in [2.05, 4.69) is 41.0 Å². The molecule has 64 heavy (non-hydrogen) atoms. The first-order chi connectivity index (χ1) is 30.8. The Morgan fingerprint density at radius 1 is 1.09 bits per heavy atom. The fourth-order valence-electron chi connectivity index (χ4n) is 6.25. The Labute approximate surface area is 365 Å². The molecule has 2 aliphatic rings. The summed E-state index contributed by atoms with van der Waals surface area (Å²) in [5, 5.41) is 36.0. The maximum atomic E-state index is 13.3. The van der Waals surface area contributed by atoms with Crippen LogP contribution in [0.2, 0.25) is 0 Å². The smallest absolute Gasteiger partial charge is 0.324 e. The number of ether oxygens (including phenoxy) is 3. The zero-order chi connectivity index (χ0) is 45.5. The lowest BCUT2D eigenvalue weighted by Gasteiger charge is -2.27. The number of carbonyl (C=O) groups is 5. The zero-order valence-electron chi connectivity index (χ0n) is 33.0. The normalized spacial score (nSPS) is 15.0. The number of hydrogen-bond donors (Lipinski definition) is 4. The number of piperidine rings is 1. The Bertz CT molecular complexity index is 2870. The molecule has 2 aliphatic heterocycles. The molecule has 328 valence electrons. The molecule has 5 aromatic rings. The van der Waals surface area contributed by atoms with E-state index in [1.54, 1.807) is 24.4 Å². The number of methoxy groups -OCH3 is 1. The largest absolute Gasteiger partial charge is 0.478 e. The first kappa shape index (κ1) is 44.1. The number of thiophene rings is 1. The highest BCUT2D eigenvalue weighted by atomic mass is 32.2. The van der Waals surface area contributed by atoms with Crippen molar-refractivity contribution < 1.29 is 51.5 Å². The van der Waals surface area contributed by atoms with Crippen LogP contribution in [0.4, 0.5) is 22.2 Å². The number of amides is 5. The van der Waals surface area contributed by atoms with Gasteiger partial charge in [-0.1, -0.05) is 22.6 Å².